The van der Waals surface area contributed by atoms with Crippen LogP contribution in [-0.2, 0) is 9.53 Å². The van der Waals surface area contributed by atoms with Crippen LogP contribution in [0.15, 0.2) is 48.1 Å². The molecule has 4 heteroatoms. The number of carbonyl (C=O) groups excluding carboxylic acids is 1. The highest BCUT2D eigenvalue weighted by atomic mass is 16.5. The standard InChI is InChI=1S/C20H28O4/c1-13-8-10-18(21)14(2)7-9-15-16(6-5-11-20(3,4)23)19(22)24-12-17(13)15/h5-6,11,15,17-18,21,23H,1-2,7-10,12H2,3-4H3. The van der Waals surface area contributed by atoms with Crippen LogP contribution in [0.1, 0.15) is 39.5 Å². The summed E-state index contributed by atoms with van der Waals surface area (Å²) in [6, 6.07) is 0. The third-order valence-corrected chi connectivity index (χ3v) is 4.81. The molecule has 0 amide bonds. The van der Waals surface area contributed by atoms with E-state index in [0.717, 1.165) is 17.6 Å². The van der Waals surface area contributed by atoms with Crippen molar-refractivity contribution in [3.05, 3.63) is 48.1 Å². The van der Waals surface area contributed by atoms with Gasteiger partial charge in [-0.05, 0) is 45.1 Å². The van der Waals surface area contributed by atoms with Gasteiger partial charge >= 0.3 is 5.97 Å². The summed E-state index contributed by atoms with van der Waals surface area (Å²) in [6.07, 6.45) is 7.30. The highest BCUT2D eigenvalue weighted by Crippen LogP contribution is 2.39. The lowest BCUT2D eigenvalue weighted by Gasteiger charge is -2.33. The predicted octanol–water partition coefficient (Wildman–Crippen LogP) is 3.08. The zero-order chi connectivity index (χ0) is 17.9. The SMILES string of the molecule is C=C1CCC2C(=CC=CC(C)(C)O)C(=O)OCC2C(=C)CCC1O. The minimum absolute atomic E-state index is 0.00672. The van der Waals surface area contributed by atoms with Crippen LogP contribution in [-0.4, -0.2) is 34.5 Å². The number of ether oxygens (including phenoxy) is 1. The van der Waals surface area contributed by atoms with Crippen molar-refractivity contribution in [1.29, 1.82) is 0 Å². The van der Waals surface area contributed by atoms with E-state index < -0.39 is 11.7 Å². The van der Waals surface area contributed by atoms with Crippen LogP contribution in [0.4, 0.5) is 0 Å². The lowest BCUT2D eigenvalue weighted by Crippen LogP contribution is -2.34. The van der Waals surface area contributed by atoms with E-state index in [-0.39, 0.29) is 17.8 Å². The first-order valence-electron chi connectivity index (χ1n) is 8.51. The van der Waals surface area contributed by atoms with Crippen molar-refractivity contribution in [2.24, 2.45) is 11.8 Å². The molecule has 1 heterocycles. The van der Waals surface area contributed by atoms with Crippen molar-refractivity contribution in [2.45, 2.75) is 51.2 Å². The Labute approximate surface area is 144 Å². The van der Waals surface area contributed by atoms with Gasteiger partial charge in [0, 0.05) is 17.4 Å². The van der Waals surface area contributed by atoms with E-state index in [0.29, 0.717) is 31.4 Å². The van der Waals surface area contributed by atoms with Gasteiger partial charge in [-0.25, -0.2) is 4.79 Å². The molecule has 0 aromatic rings. The molecule has 0 radical (unpaired) electrons. The Morgan fingerprint density at radius 3 is 2.50 bits per heavy atom. The van der Waals surface area contributed by atoms with Gasteiger partial charge in [0.05, 0.1) is 18.3 Å². The second kappa shape index (κ2) is 7.49. The molecule has 1 saturated heterocycles. The van der Waals surface area contributed by atoms with E-state index in [1.807, 2.05) is 0 Å². The van der Waals surface area contributed by atoms with E-state index in [4.69, 9.17) is 4.74 Å². The molecule has 1 saturated carbocycles. The summed E-state index contributed by atoms with van der Waals surface area (Å²) in [7, 11) is 0. The summed E-state index contributed by atoms with van der Waals surface area (Å²) >= 11 is 0. The van der Waals surface area contributed by atoms with Crippen LogP contribution in [0.5, 0.6) is 0 Å². The molecular formula is C20H28O4. The number of aliphatic hydroxyl groups is 2. The van der Waals surface area contributed by atoms with Crippen molar-refractivity contribution >= 4 is 5.97 Å². The molecule has 132 valence electrons. The third-order valence-electron chi connectivity index (χ3n) is 4.81. The molecule has 2 fully saturated rings. The van der Waals surface area contributed by atoms with Gasteiger partial charge in [0.1, 0.15) is 0 Å². The Kier molecular flexibility index (Phi) is 5.83. The summed E-state index contributed by atoms with van der Waals surface area (Å²) in [4.78, 5) is 12.3. The number of aliphatic hydroxyl groups excluding tert-OH is 1. The van der Waals surface area contributed by atoms with Gasteiger partial charge in [0.25, 0.3) is 0 Å². The van der Waals surface area contributed by atoms with Crippen molar-refractivity contribution in [2.75, 3.05) is 6.61 Å². The molecule has 1 aliphatic heterocycles. The number of carbonyl (C=O) groups is 1. The molecule has 2 rings (SSSR count). The van der Waals surface area contributed by atoms with Crippen LogP contribution in [0.25, 0.3) is 0 Å². The molecule has 2 N–H and O–H groups in total. The Bertz CT molecular complexity index is 577. The fourth-order valence-corrected chi connectivity index (χ4v) is 3.29. The van der Waals surface area contributed by atoms with Gasteiger partial charge in [-0.1, -0.05) is 37.0 Å². The number of fused-ring (bicyclic) bond motifs is 1. The van der Waals surface area contributed by atoms with Crippen molar-refractivity contribution in [3.63, 3.8) is 0 Å². The van der Waals surface area contributed by atoms with Gasteiger partial charge in [0.2, 0.25) is 0 Å². The van der Waals surface area contributed by atoms with Crippen LogP contribution < -0.4 is 0 Å². The summed E-state index contributed by atoms with van der Waals surface area (Å²) in [5.41, 5.74) is 1.50. The Morgan fingerprint density at radius 1 is 1.17 bits per heavy atom. The molecule has 1 aliphatic carbocycles. The number of hydrogen-bond acceptors (Lipinski definition) is 4. The summed E-state index contributed by atoms with van der Waals surface area (Å²) in [6.45, 7) is 11.8. The van der Waals surface area contributed by atoms with Crippen LogP contribution in [0, 0.1) is 11.8 Å². The molecular weight excluding hydrogens is 304 g/mol. The maximum atomic E-state index is 12.3. The summed E-state index contributed by atoms with van der Waals surface area (Å²) in [5.74, 6) is -0.232. The molecule has 2 aliphatic rings. The number of cyclic esters (lactones) is 1. The molecule has 3 atom stereocenters. The van der Waals surface area contributed by atoms with Crippen molar-refractivity contribution in [3.8, 4) is 0 Å². The molecule has 4 nitrogen and oxygen atoms in total. The number of rotatable bonds is 2. The lowest BCUT2D eigenvalue weighted by molar-refractivity contribution is -0.144. The van der Waals surface area contributed by atoms with E-state index in [1.165, 1.54) is 0 Å². The topological polar surface area (TPSA) is 66.8 Å². The minimum atomic E-state index is -0.935. The Hall–Kier alpha value is -1.65. The number of hydrogen-bond donors (Lipinski definition) is 2. The average Bonchev–Trinajstić information content (AvgIpc) is 2.54. The average molecular weight is 332 g/mol. The van der Waals surface area contributed by atoms with Crippen LogP contribution in [0.3, 0.4) is 0 Å². The first kappa shape index (κ1) is 18.7. The predicted molar refractivity (Wildman–Crippen MR) is 94.2 cm³/mol. The first-order chi connectivity index (χ1) is 11.2. The molecule has 3 unspecified atom stereocenters. The molecule has 0 aromatic heterocycles. The lowest BCUT2D eigenvalue weighted by atomic mass is 9.76. The van der Waals surface area contributed by atoms with E-state index in [9.17, 15) is 15.0 Å². The quantitative estimate of drug-likeness (QED) is 0.463. The molecule has 0 spiro atoms. The highest BCUT2D eigenvalue weighted by molar-refractivity contribution is 5.90. The summed E-state index contributed by atoms with van der Waals surface area (Å²) in [5, 5.41) is 19.9. The zero-order valence-corrected chi connectivity index (χ0v) is 14.6. The van der Waals surface area contributed by atoms with Gasteiger partial charge in [-0.15, -0.1) is 0 Å². The van der Waals surface area contributed by atoms with E-state index >= 15 is 0 Å². The largest absolute Gasteiger partial charge is 0.462 e. The van der Waals surface area contributed by atoms with E-state index in [1.54, 1.807) is 32.1 Å². The van der Waals surface area contributed by atoms with Gasteiger partial charge in [-0.3, -0.25) is 0 Å². The van der Waals surface area contributed by atoms with Gasteiger partial charge < -0.3 is 14.9 Å². The maximum absolute atomic E-state index is 12.3. The Balaban J connectivity index is 2.30. The highest BCUT2D eigenvalue weighted by Gasteiger charge is 2.37. The number of esters is 1. The monoisotopic (exact) mass is 332 g/mol. The first-order valence-corrected chi connectivity index (χ1v) is 8.51. The molecule has 24 heavy (non-hydrogen) atoms. The van der Waals surface area contributed by atoms with Gasteiger partial charge in [-0.2, -0.15) is 0 Å². The van der Waals surface area contributed by atoms with Crippen LogP contribution >= 0.6 is 0 Å². The summed E-state index contributed by atoms with van der Waals surface area (Å²) < 4.78 is 5.35. The normalized spacial score (nSPS) is 31.4. The fraction of sp³-hybridized carbons (Fsp3) is 0.550. The van der Waals surface area contributed by atoms with E-state index in [2.05, 4.69) is 13.2 Å². The molecule has 0 bridgehead atoms. The fourth-order valence-electron chi connectivity index (χ4n) is 3.29. The number of allylic oxidation sites excluding steroid dienone is 2. The van der Waals surface area contributed by atoms with Crippen molar-refractivity contribution in [1.82, 2.24) is 0 Å². The second-order valence-electron chi connectivity index (χ2n) is 7.36. The van der Waals surface area contributed by atoms with Crippen molar-refractivity contribution < 1.29 is 19.7 Å². The minimum Gasteiger partial charge on any atom is -0.462 e. The Morgan fingerprint density at radius 2 is 1.83 bits per heavy atom. The molecule has 0 aromatic carbocycles. The smallest absolute Gasteiger partial charge is 0.334 e. The van der Waals surface area contributed by atoms with Gasteiger partial charge in [0.15, 0.2) is 0 Å². The third kappa shape index (κ3) is 4.68. The maximum Gasteiger partial charge on any atom is 0.334 e. The second-order valence-corrected chi connectivity index (χ2v) is 7.36. The van der Waals surface area contributed by atoms with Crippen LogP contribution in [0.2, 0.25) is 0 Å². The zero-order valence-electron chi connectivity index (χ0n) is 14.6.